The number of nitrogens with zero attached hydrogens (tertiary/aromatic N) is 1. The monoisotopic (exact) mass is 489 g/mol. The first-order valence-electron chi connectivity index (χ1n) is 12.2. The number of hydrogen-bond donors (Lipinski definition) is 0. The topological polar surface area (TPSA) is 55.8 Å². The van der Waals surface area contributed by atoms with Gasteiger partial charge in [0.05, 0.1) is 0 Å². The first-order chi connectivity index (χ1) is 17.1. The van der Waals surface area contributed by atoms with Crippen molar-refractivity contribution < 1.29 is 23.5 Å². The van der Waals surface area contributed by atoms with E-state index in [0.717, 1.165) is 27.8 Å². The average Bonchev–Trinajstić information content (AvgIpc) is 3.15. The maximum Gasteiger partial charge on any atom is 0.410 e. The van der Waals surface area contributed by atoms with Crippen molar-refractivity contribution in [2.45, 2.75) is 51.2 Å². The smallest absolute Gasteiger partial charge is 0.410 e. The first-order valence-corrected chi connectivity index (χ1v) is 12.2. The fourth-order valence-corrected chi connectivity index (χ4v) is 4.66. The molecule has 0 aromatic heterocycles. The van der Waals surface area contributed by atoms with E-state index in [1.807, 2.05) is 24.3 Å². The van der Waals surface area contributed by atoms with E-state index in [1.165, 1.54) is 17.0 Å². The van der Waals surface area contributed by atoms with Crippen LogP contribution in [0.2, 0.25) is 0 Å². The number of likely N-dealkylation sites (N-methyl/N-ethyl adjacent to an activating group) is 1. The largest absolute Gasteiger partial charge is 0.458 e. The summed E-state index contributed by atoms with van der Waals surface area (Å²) in [6.45, 7) is 5.49. The van der Waals surface area contributed by atoms with Crippen LogP contribution in [0.4, 0.5) is 9.18 Å². The molecule has 1 aliphatic rings. The van der Waals surface area contributed by atoms with Gasteiger partial charge in [0.1, 0.15) is 24.1 Å². The molecule has 0 radical (unpaired) electrons. The molecular formula is C30H32FNO4. The highest BCUT2D eigenvalue weighted by molar-refractivity contribution is 5.82. The summed E-state index contributed by atoms with van der Waals surface area (Å²) in [6, 6.07) is 21.6. The molecule has 0 heterocycles. The van der Waals surface area contributed by atoms with Crippen LogP contribution in [0.5, 0.6) is 0 Å². The van der Waals surface area contributed by atoms with Crippen LogP contribution in [-0.4, -0.2) is 42.3 Å². The third-order valence-corrected chi connectivity index (χ3v) is 6.37. The number of hydrogen-bond acceptors (Lipinski definition) is 4. The molecule has 188 valence electrons. The van der Waals surface area contributed by atoms with Crippen LogP contribution < -0.4 is 0 Å². The van der Waals surface area contributed by atoms with E-state index < -0.39 is 23.7 Å². The van der Waals surface area contributed by atoms with Crippen LogP contribution in [0.15, 0.2) is 72.8 Å². The molecule has 0 fully saturated rings. The first kappa shape index (κ1) is 25.4. The lowest BCUT2D eigenvalue weighted by molar-refractivity contribution is -0.160. The number of ether oxygens (including phenoxy) is 2. The number of carbonyl (C=O) groups excluding carboxylic acids is 2. The molecule has 3 aromatic rings. The highest BCUT2D eigenvalue weighted by atomic mass is 19.1. The predicted molar refractivity (Wildman–Crippen MR) is 137 cm³/mol. The minimum atomic E-state index is -0.872. The van der Waals surface area contributed by atoms with Gasteiger partial charge in [-0.3, -0.25) is 4.90 Å². The molecule has 0 N–H and O–H groups in total. The molecule has 5 nitrogen and oxygen atoms in total. The molecular weight excluding hydrogens is 457 g/mol. The zero-order chi connectivity index (χ0) is 25.9. The molecule has 1 amide bonds. The van der Waals surface area contributed by atoms with Crippen LogP contribution >= 0.6 is 0 Å². The second kappa shape index (κ2) is 10.5. The molecule has 1 unspecified atom stereocenters. The number of halogens is 1. The zero-order valence-corrected chi connectivity index (χ0v) is 21.2. The van der Waals surface area contributed by atoms with Crippen molar-refractivity contribution in [3.63, 3.8) is 0 Å². The van der Waals surface area contributed by atoms with Crippen LogP contribution in [0.1, 0.15) is 49.8 Å². The van der Waals surface area contributed by atoms with E-state index in [2.05, 4.69) is 24.3 Å². The van der Waals surface area contributed by atoms with Crippen LogP contribution in [0.25, 0.3) is 11.1 Å². The van der Waals surface area contributed by atoms with Crippen molar-refractivity contribution in [1.29, 1.82) is 0 Å². The minimum absolute atomic E-state index is 0.0815. The summed E-state index contributed by atoms with van der Waals surface area (Å²) in [7, 11) is 1.54. The molecule has 0 aliphatic heterocycles. The minimum Gasteiger partial charge on any atom is -0.458 e. The Labute approximate surface area is 211 Å². The number of aryl methyl sites for hydroxylation is 1. The molecule has 3 aromatic carbocycles. The number of benzene rings is 3. The highest BCUT2D eigenvalue weighted by Crippen LogP contribution is 2.44. The molecule has 36 heavy (non-hydrogen) atoms. The Morgan fingerprint density at radius 1 is 0.944 bits per heavy atom. The molecule has 0 bridgehead atoms. The van der Waals surface area contributed by atoms with Crippen molar-refractivity contribution >= 4 is 12.1 Å². The molecule has 1 atom stereocenters. The Balaban J connectivity index is 1.48. The molecule has 0 spiro atoms. The van der Waals surface area contributed by atoms with Gasteiger partial charge in [0.15, 0.2) is 0 Å². The Bertz CT molecular complexity index is 1200. The lowest BCUT2D eigenvalue weighted by Gasteiger charge is -2.30. The van der Waals surface area contributed by atoms with Crippen LogP contribution in [0, 0.1) is 5.82 Å². The van der Waals surface area contributed by atoms with Crippen molar-refractivity contribution in [2.24, 2.45) is 0 Å². The molecule has 0 saturated heterocycles. The predicted octanol–water partition coefficient (Wildman–Crippen LogP) is 6.35. The van der Waals surface area contributed by atoms with E-state index in [-0.39, 0.29) is 24.8 Å². The lowest BCUT2D eigenvalue weighted by atomic mass is 9.98. The number of esters is 1. The summed E-state index contributed by atoms with van der Waals surface area (Å²) in [5.41, 5.74) is 4.54. The van der Waals surface area contributed by atoms with E-state index in [0.29, 0.717) is 6.42 Å². The number of fused-ring (bicyclic) bond motifs is 3. The third-order valence-electron chi connectivity index (χ3n) is 6.37. The summed E-state index contributed by atoms with van der Waals surface area (Å²) in [5.74, 6) is -0.942. The van der Waals surface area contributed by atoms with E-state index in [4.69, 9.17) is 9.47 Å². The normalized spacial score (nSPS) is 13.5. The van der Waals surface area contributed by atoms with Gasteiger partial charge in [0.25, 0.3) is 0 Å². The fourth-order valence-electron chi connectivity index (χ4n) is 4.66. The zero-order valence-electron chi connectivity index (χ0n) is 21.2. The van der Waals surface area contributed by atoms with Gasteiger partial charge in [-0.25, -0.2) is 14.0 Å². The van der Waals surface area contributed by atoms with Gasteiger partial charge in [0.2, 0.25) is 0 Å². The molecule has 1 aliphatic carbocycles. The molecule has 0 saturated carbocycles. The van der Waals surface area contributed by atoms with E-state index in [9.17, 15) is 14.0 Å². The summed E-state index contributed by atoms with van der Waals surface area (Å²) in [5, 5.41) is 0. The van der Waals surface area contributed by atoms with Crippen molar-refractivity contribution in [3.05, 3.63) is 95.3 Å². The van der Waals surface area contributed by atoms with Gasteiger partial charge in [-0.15, -0.1) is 0 Å². The van der Waals surface area contributed by atoms with Crippen LogP contribution in [-0.2, 0) is 20.7 Å². The highest BCUT2D eigenvalue weighted by Gasteiger charge is 2.34. The Kier molecular flexibility index (Phi) is 7.43. The Hall–Kier alpha value is -3.67. The Morgan fingerprint density at radius 3 is 2.14 bits per heavy atom. The maximum absolute atomic E-state index is 13.6. The van der Waals surface area contributed by atoms with Crippen molar-refractivity contribution in [3.8, 4) is 11.1 Å². The van der Waals surface area contributed by atoms with Gasteiger partial charge in [-0.2, -0.15) is 0 Å². The summed E-state index contributed by atoms with van der Waals surface area (Å²) >= 11 is 0. The lowest BCUT2D eigenvalue weighted by Crippen LogP contribution is -2.46. The summed E-state index contributed by atoms with van der Waals surface area (Å²) in [6.07, 6.45) is 0.0776. The van der Waals surface area contributed by atoms with Gasteiger partial charge in [0, 0.05) is 13.0 Å². The standard InChI is InChI=1S/C30H32FNO4/c1-30(2,3)36-28(33)27(17-16-20-10-9-11-21(31)18-20)32(4)29(34)35-19-26-24-14-7-5-12-22(24)23-13-6-8-15-25(23)26/h5-15,18,26-27H,16-17,19H2,1-4H3. The van der Waals surface area contributed by atoms with E-state index >= 15 is 0 Å². The number of rotatable bonds is 7. The average molecular weight is 490 g/mol. The number of carbonyl (C=O) groups is 2. The van der Waals surface area contributed by atoms with Gasteiger partial charge in [-0.1, -0.05) is 60.7 Å². The van der Waals surface area contributed by atoms with Gasteiger partial charge in [-0.05, 0) is 73.6 Å². The fraction of sp³-hybridized carbons (Fsp3) is 0.333. The van der Waals surface area contributed by atoms with Crippen molar-refractivity contribution in [1.82, 2.24) is 4.90 Å². The molecule has 6 heteroatoms. The van der Waals surface area contributed by atoms with Gasteiger partial charge < -0.3 is 9.47 Å². The number of amides is 1. The van der Waals surface area contributed by atoms with Gasteiger partial charge >= 0.3 is 12.1 Å². The maximum atomic E-state index is 13.6. The Morgan fingerprint density at radius 2 is 1.56 bits per heavy atom. The summed E-state index contributed by atoms with van der Waals surface area (Å²) < 4.78 is 25.0. The molecule has 4 rings (SSSR count). The third kappa shape index (κ3) is 5.76. The SMILES string of the molecule is CN(C(=O)OCC1c2ccccc2-c2ccccc21)C(CCc1cccc(F)c1)C(=O)OC(C)(C)C. The van der Waals surface area contributed by atoms with E-state index in [1.54, 1.807) is 40.0 Å². The van der Waals surface area contributed by atoms with Crippen molar-refractivity contribution in [2.75, 3.05) is 13.7 Å². The summed E-state index contributed by atoms with van der Waals surface area (Å²) in [4.78, 5) is 27.5. The van der Waals surface area contributed by atoms with Crippen LogP contribution in [0.3, 0.4) is 0 Å². The second-order valence-corrected chi connectivity index (χ2v) is 10.1. The second-order valence-electron chi connectivity index (χ2n) is 10.1. The quantitative estimate of drug-likeness (QED) is 0.363.